The van der Waals surface area contributed by atoms with Gasteiger partial charge in [-0.1, -0.05) is 158 Å². The zero-order valence-electron chi connectivity index (χ0n) is 33.2. The first-order valence-corrected chi connectivity index (χ1v) is 20.4. The van der Waals surface area contributed by atoms with Crippen molar-refractivity contribution in [1.29, 1.82) is 0 Å². The van der Waals surface area contributed by atoms with E-state index >= 15 is 0 Å². The Hall–Kier alpha value is -8.22. The second-order valence-electron chi connectivity index (χ2n) is 15.2. The summed E-state index contributed by atoms with van der Waals surface area (Å²) in [5.74, 6) is 1.81. The van der Waals surface area contributed by atoms with Gasteiger partial charge in [0.1, 0.15) is 0 Å². The molecule has 286 valence electrons. The summed E-state index contributed by atoms with van der Waals surface area (Å²) in [4.78, 5) is 30.2. The minimum Gasteiger partial charge on any atom is -0.256 e. The Morgan fingerprint density at radius 2 is 0.836 bits per heavy atom. The standard InChI is InChI=1S/C55H36N6/c1-35-26-27-38-28-29-47-48(34-49(36-13-4-2-5-14-36)58-52(47)51(38)57-35)43-21-8-18-40(31-43)41-19-9-22-44(32-41)54-59-53(39-15-6-3-7-16-39)60-55(61-54)45-23-10-20-42(33-45)46-25-11-17-37-24-12-30-56-50(37)46/h2-34H,1H3. The van der Waals surface area contributed by atoms with Gasteiger partial charge in [0.2, 0.25) is 0 Å². The van der Waals surface area contributed by atoms with Gasteiger partial charge in [-0.25, -0.2) is 19.9 Å². The van der Waals surface area contributed by atoms with Gasteiger partial charge in [0.05, 0.1) is 22.2 Å². The molecule has 0 atom stereocenters. The Kier molecular flexibility index (Phi) is 8.94. The fraction of sp³-hybridized carbons (Fsp3) is 0.0182. The van der Waals surface area contributed by atoms with Gasteiger partial charge < -0.3 is 0 Å². The molecule has 0 aliphatic heterocycles. The van der Waals surface area contributed by atoms with Crippen molar-refractivity contribution in [1.82, 2.24) is 29.9 Å². The van der Waals surface area contributed by atoms with Crippen molar-refractivity contribution in [3.63, 3.8) is 0 Å². The predicted octanol–water partition coefficient (Wildman–Crippen LogP) is 13.5. The van der Waals surface area contributed by atoms with Gasteiger partial charge in [0.15, 0.2) is 17.5 Å². The second kappa shape index (κ2) is 15.2. The van der Waals surface area contributed by atoms with Gasteiger partial charge in [0.25, 0.3) is 0 Å². The molecule has 6 heteroatoms. The predicted molar refractivity (Wildman–Crippen MR) is 249 cm³/mol. The number of pyridine rings is 3. The largest absolute Gasteiger partial charge is 0.256 e. The van der Waals surface area contributed by atoms with Crippen LogP contribution in [0.5, 0.6) is 0 Å². The third-order valence-corrected chi connectivity index (χ3v) is 11.2. The van der Waals surface area contributed by atoms with Gasteiger partial charge in [-0.2, -0.15) is 0 Å². The van der Waals surface area contributed by atoms with Crippen LogP contribution >= 0.6 is 0 Å². The first-order valence-electron chi connectivity index (χ1n) is 20.4. The normalized spacial score (nSPS) is 11.4. The first-order chi connectivity index (χ1) is 30.1. The molecular formula is C55H36N6. The summed E-state index contributed by atoms with van der Waals surface area (Å²) >= 11 is 0. The Labute approximate surface area is 353 Å². The highest BCUT2D eigenvalue weighted by atomic mass is 15.0. The molecule has 0 fully saturated rings. The maximum atomic E-state index is 5.23. The molecule has 11 aromatic rings. The van der Waals surface area contributed by atoms with E-state index in [1.54, 1.807) is 0 Å². The van der Waals surface area contributed by atoms with Crippen LogP contribution in [0, 0.1) is 6.92 Å². The van der Waals surface area contributed by atoms with Gasteiger partial charge in [0, 0.05) is 55.9 Å². The maximum Gasteiger partial charge on any atom is 0.164 e. The van der Waals surface area contributed by atoms with E-state index in [1.807, 2.05) is 55.6 Å². The average molecular weight is 781 g/mol. The molecule has 0 aliphatic rings. The SMILES string of the molecule is Cc1ccc2ccc3c(-c4cccc(-c5cccc(-c6nc(-c7ccccc7)nc(-c7cccc(-c8cccc9cccnc89)c7)n6)c5)c4)cc(-c4ccccc4)nc3c2n1. The molecule has 11 rings (SSSR count). The van der Waals surface area contributed by atoms with E-state index in [9.17, 15) is 0 Å². The van der Waals surface area contributed by atoms with E-state index in [2.05, 4.69) is 152 Å². The minimum absolute atomic E-state index is 0.599. The van der Waals surface area contributed by atoms with Crippen molar-refractivity contribution in [2.75, 3.05) is 0 Å². The van der Waals surface area contributed by atoms with E-state index in [4.69, 9.17) is 29.9 Å². The molecule has 0 unspecified atom stereocenters. The fourth-order valence-corrected chi connectivity index (χ4v) is 8.18. The number of rotatable bonds is 7. The van der Waals surface area contributed by atoms with Crippen LogP contribution < -0.4 is 0 Å². The summed E-state index contributed by atoms with van der Waals surface area (Å²) in [7, 11) is 0. The molecule has 4 heterocycles. The molecule has 0 N–H and O–H groups in total. The van der Waals surface area contributed by atoms with Crippen LogP contribution in [0.4, 0.5) is 0 Å². The van der Waals surface area contributed by atoms with Crippen molar-refractivity contribution in [2.24, 2.45) is 0 Å². The topological polar surface area (TPSA) is 77.3 Å². The van der Waals surface area contributed by atoms with Crippen molar-refractivity contribution >= 4 is 32.7 Å². The molecule has 0 bridgehead atoms. The third kappa shape index (κ3) is 6.86. The lowest BCUT2D eigenvalue weighted by molar-refractivity contribution is 1.07. The van der Waals surface area contributed by atoms with Crippen LogP contribution in [0.2, 0.25) is 0 Å². The average Bonchev–Trinajstić information content (AvgIpc) is 3.34. The molecular weight excluding hydrogens is 745 g/mol. The van der Waals surface area contributed by atoms with Crippen molar-refractivity contribution in [3.8, 4) is 78.8 Å². The lowest BCUT2D eigenvalue weighted by atomic mass is 9.94. The monoisotopic (exact) mass is 780 g/mol. The molecule has 0 radical (unpaired) electrons. The van der Waals surface area contributed by atoms with Crippen molar-refractivity contribution < 1.29 is 0 Å². The van der Waals surface area contributed by atoms with Crippen molar-refractivity contribution in [3.05, 3.63) is 206 Å². The molecule has 6 nitrogen and oxygen atoms in total. The first kappa shape index (κ1) is 35.9. The van der Waals surface area contributed by atoms with E-state index in [1.165, 1.54) is 0 Å². The molecule has 0 aliphatic carbocycles. The summed E-state index contributed by atoms with van der Waals surface area (Å²) in [6.07, 6.45) is 1.84. The Bertz CT molecular complexity index is 3430. The summed E-state index contributed by atoms with van der Waals surface area (Å²) in [6, 6.07) is 67.1. The van der Waals surface area contributed by atoms with E-state index in [0.29, 0.717) is 17.5 Å². The van der Waals surface area contributed by atoms with E-state index < -0.39 is 0 Å². The molecule has 0 amide bonds. The highest BCUT2D eigenvalue weighted by Gasteiger charge is 2.17. The molecule has 61 heavy (non-hydrogen) atoms. The highest BCUT2D eigenvalue weighted by molar-refractivity contribution is 6.09. The number of fused-ring (bicyclic) bond motifs is 4. The zero-order valence-corrected chi connectivity index (χ0v) is 33.2. The summed E-state index contributed by atoms with van der Waals surface area (Å²) in [6.45, 7) is 2.03. The van der Waals surface area contributed by atoms with Gasteiger partial charge in [-0.05, 0) is 71.1 Å². The quantitative estimate of drug-likeness (QED) is 0.150. The number of hydrogen-bond donors (Lipinski definition) is 0. The molecule has 0 saturated heterocycles. The summed E-state index contributed by atoms with van der Waals surface area (Å²) in [5.41, 5.74) is 14.8. The number of hydrogen-bond acceptors (Lipinski definition) is 6. The highest BCUT2D eigenvalue weighted by Crippen LogP contribution is 2.38. The van der Waals surface area contributed by atoms with Gasteiger partial charge in [-0.15, -0.1) is 0 Å². The number of benzene rings is 7. The van der Waals surface area contributed by atoms with Crippen LogP contribution in [-0.4, -0.2) is 29.9 Å². The molecule has 7 aromatic carbocycles. The van der Waals surface area contributed by atoms with Crippen LogP contribution in [-0.2, 0) is 0 Å². The minimum atomic E-state index is 0.599. The van der Waals surface area contributed by atoms with E-state index in [-0.39, 0.29) is 0 Å². The Balaban J connectivity index is 1.02. The van der Waals surface area contributed by atoms with Crippen LogP contribution in [0.1, 0.15) is 5.69 Å². The Morgan fingerprint density at radius 1 is 0.311 bits per heavy atom. The van der Waals surface area contributed by atoms with E-state index in [0.717, 1.165) is 99.7 Å². The molecule has 0 saturated carbocycles. The molecule has 0 spiro atoms. The fourth-order valence-electron chi connectivity index (χ4n) is 8.18. The summed E-state index contributed by atoms with van der Waals surface area (Å²) < 4.78 is 0. The van der Waals surface area contributed by atoms with Crippen LogP contribution in [0.3, 0.4) is 0 Å². The second-order valence-corrected chi connectivity index (χ2v) is 15.2. The van der Waals surface area contributed by atoms with Crippen LogP contribution in [0.25, 0.3) is 112 Å². The smallest absolute Gasteiger partial charge is 0.164 e. The number of aryl methyl sites for hydroxylation is 1. The lowest BCUT2D eigenvalue weighted by Gasteiger charge is -2.14. The number of para-hydroxylation sites is 1. The maximum absolute atomic E-state index is 5.23. The molecule has 4 aromatic heterocycles. The summed E-state index contributed by atoms with van der Waals surface area (Å²) in [5, 5.41) is 3.22. The lowest BCUT2D eigenvalue weighted by Crippen LogP contribution is -2.00. The number of nitrogens with zero attached hydrogens (tertiary/aromatic N) is 6. The third-order valence-electron chi connectivity index (χ3n) is 11.2. The zero-order chi connectivity index (χ0) is 40.7. The van der Waals surface area contributed by atoms with Gasteiger partial charge >= 0.3 is 0 Å². The van der Waals surface area contributed by atoms with Crippen LogP contribution in [0.15, 0.2) is 200 Å². The number of aromatic nitrogens is 6. The Morgan fingerprint density at radius 3 is 1.56 bits per heavy atom. The van der Waals surface area contributed by atoms with Crippen molar-refractivity contribution in [2.45, 2.75) is 6.92 Å². The van der Waals surface area contributed by atoms with Gasteiger partial charge in [-0.3, -0.25) is 9.97 Å².